The molecule has 0 saturated carbocycles. The number of nitrogens with one attached hydrogen (secondary N) is 2. The Balaban J connectivity index is 2.03. The van der Waals surface area contributed by atoms with E-state index in [1.165, 1.54) is 19.2 Å². The molecule has 0 spiro atoms. The summed E-state index contributed by atoms with van der Waals surface area (Å²) in [6, 6.07) is 9.24. The number of nitro benzene ring substituents is 1. The summed E-state index contributed by atoms with van der Waals surface area (Å²) in [5.41, 5.74) is 2.05. The highest BCUT2D eigenvalue weighted by molar-refractivity contribution is 7.89. The van der Waals surface area contributed by atoms with Crippen molar-refractivity contribution >= 4 is 38.1 Å². The first-order valence-electron chi connectivity index (χ1n) is 8.90. The largest absolute Gasteiger partial charge is 0.350 e. The van der Waals surface area contributed by atoms with E-state index < -0.39 is 14.9 Å². The molecule has 0 atom stereocenters. The lowest BCUT2D eigenvalue weighted by Crippen LogP contribution is -2.18. The summed E-state index contributed by atoms with van der Waals surface area (Å²) in [5.74, 6) is 0.928. The molecule has 1 heterocycles. The lowest BCUT2D eigenvalue weighted by atomic mass is 9.96. The van der Waals surface area contributed by atoms with E-state index in [0.717, 1.165) is 22.9 Å². The summed E-state index contributed by atoms with van der Waals surface area (Å²) in [6.07, 6.45) is 0. The van der Waals surface area contributed by atoms with E-state index in [-0.39, 0.29) is 21.7 Å². The second-order valence-corrected chi connectivity index (χ2v) is 9.60. The van der Waals surface area contributed by atoms with Crippen LogP contribution in [0.3, 0.4) is 0 Å². The molecule has 0 saturated heterocycles. The third-order valence-electron chi connectivity index (χ3n) is 4.58. The molecular formula is C19H23N5O4S. The minimum atomic E-state index is -3.78. The summed E-state index contributed by atoms with van der Waals surface area (Å²) in [5, 5.41) is 14.5. The normalized spacial score (nSPS) is 12.3. The van der Waals surface area contributed by atoms with Crippen molar-refractivity contribution in [2.45, 2.75) is 31.1 Å². The van der Waals surface area contributed by atoms with Gasteiger partial charge in [-0.15, -0.1) is 0 Å². The standard InChI is InChI=1S/C19H23N5O4S/c1-19(2,3)18-22-15-10-12(6-9-16(15)23(18)5)21-14-8-7-13(29(27,28)20-4)11-17(14)24(25)26/h6-11,20-21H,1-5H3. The predicted octanol–water partition coefficient (Wildman–Crippen LogP) is 3.43. The molecule has 9 nitrogen and oxygen atoms in total. The average molecular weight is 417 g/mol. The van der Waals surface area contributed by atoms with Crippen LogP contribution < -0.4 is 10.0 Å². The molecule has 0 unspecified atom stereocenters. The van der Waals surface area contributed by atoms with Crippen molar-refractivity contribution < 1.29 is 13.3 Å². The fraction of sp³-hybridized carbons (Fsp3) is 0.316. The van der Waals surface area contributed by atoms with Crippen LogP contribution in [0.15, 0.2) is 41.3 Å². The van der Waals surface area contributed by atoms with Crippen molar-refractivity contribution in [3.8, 4) is 0 Å². The van der Waals surface area contributed by atoms with Gasteiger partial charge in [-0.3, -0.25) is 10.1 Å². The maximum Gasteiger partial charge on any atom is 0.294 e. The highest BCUT2D eigenvalue weighted by Gasteiger charge is 2.23. The lowest BCUT2D eigenvalue weighted by Gasteiger charge is -2.17. The molecule has 3 aromatic rings. The van der Waals surface area contributed by atoms with Crippen LogP contribution >= 0.6 is 0 Å². The number of hydrogen-bond acceptors (Lipinski definition) is 6. The summed E-state index contributed by atoms with van der Waals surface area (Å²) in [6.45, 7) is 6.24. The minimum Gasteiger partial charge on any atom is -0.350 e. The molecule has 2 N–H and O–H groups in total. The zero-order valence-corrected chi connectivity index (χ0v) is 17.7. The van der Waals surface area contributed by atoms with Crippen molar-refractivity contribution in [3.05, 3.63) is 52.3 Å². The Morgan fingerprint density at radius 1 is 1.14 bits per heavy atom. The van der Waals surface area contributed by atoms with Gasteiger partial charge < -0.3 is 9.88 Å². The zero-order chi connectivity index (χ0) is 21.6. The number of hydrogen-bond donors (Lipinski definition) is 2. The van der Waals surface area contributed by atoms with Gasteiger partial charge in [0.2, 0.25) is 10.0 Å². The molecule has 1 aromatic heterocycles. The number of fused-ring (bicyclic) bond motifs is 1. The van der Waals surface area contributed by atoms with Gasteiger partial charge in [-0.2, -0.15) is 0 Å². The molecule has 0 aliphatic carbocycles. The molecule has 3 rings (SSSR count). The van der Waals surface area contributed by atoms with Crippen LogP contribution in [0.5, 0.6) is 0 Å². The van der Waals surface area contributed by atoms with Gasteiger partial charge in [0, 0.05) is 24.2 Å². The van der Waals surface area contributed by atoms with Gasteiger partial charge in [-0.05, 0) is 37.4 Å². The first kappa shape index (κ1) is 20.7. The number of nitrogens with zero attached hydrogens (tertiary/aromatic N) is 3. The Bertz CT molecular complexity index is 1210. The monoisotopic (exact) mass is 417 g/mol. The maximum absolute atomic E-state index is 11.9. The fourth-order valence-corrected chi connectivity index (χ4v) is 3.91. The number of rotatable bonds is 5. The van der Waals surface area contributed by atoms with Gasteiger partial charge in [-0.25, -0.2) is 18.1 Å². The Morgan fingerprint density at radius 3 is 2.41 bits per heavy atom. The first-order chi connectivity index (χ1) is 13.4. The van der Waals surface area contributed by atoms with Crippen molar-refractivity contribution in [1.29, 1.82) is 0 Å². The molecule has 10 heteroatoms. The van der Waals surface area contributed by atoms with Crippen LogP contribution in [0.2, 0.25) is 0 Å². The van der Waals surface area contributed by atoms with Gasteiger partial charge in [0.1, 0.15) is 11.5 Å². The van der Waals surface area contributed by atoms with Crippen molar-refractivity contribution in [2.75, 3.05) is 12.4 Å². The van der Waals surface area contributed by atoms with Crippen LogP contribution in [0.4, 0.5) is 17.1 Å². The van der Waals surface area contributed by atoms with Crippen molar-refractivity contribution in [3.63, 3.8) is 0 Å². The molecule has 154 valence electrons. The number of aromatic nitrogens is 2. The van der Waals surface area contributed by atoms with Crippen LogP contribution in [-0.2, 0) is 22.5 Å². The highest BCUT2D eigenvalue weighted by Crippen LogP contribution is 2.32. The van der Waals surface area contributed by atoms with Crippen LogP contribution in [0.25, 0.3) is 11.0 Å². The van der Waals surface area contributed by atoms with Gasteiger partial charge in [0.25, 0.3) is 5.69 Å². The predicted molar refractivity (Wildman–Crippen MR) is 112 cm³/mol. The molecule has 0 amide bonds. The van der Waals surface area contributed by atoms with Crippen molar-refractivity contribution in [1.82, 2.24) is 14.3 Å². The Kier molecular flexibility index (Phi) is 5.10. The SMILES string of the molecule is CNS(=O)(=O)c1ccc(Nc2ccc3c(c2)nc(C(C)(C)C)n3C)c([N+](=O)[O-])c1. The lowest BCUT2D eigenvalue weighted by molar-refractivity contribution is -0.384. The number of nitro groups is 1. The van der Waals surface area contributed by atoms with Gasteiger partial charge in [-0.1, -0.05) is 20.8 Å². The topological polar surface area (TPSA) is 119 Å². The van der Waals surface area contributed by atoms with E-state index in [9.17, 15) is 18.5 Å². The van der Waals surface area contributed by atoms with Gasteiger partial charge in [0.15, 0.2) is 0 Å². The number of benzene rings is 2. The van der Waals surface area contributed by atoms with E-state index in [2.05, 4.69) is 30.8 Å². The molecule has 0 aliphatic rings. The maximum atomic E-state index is 11.9. The molecule has 2 aromatic carbocycles. The molecule has 29 heavy (non-hydrogen) atoms. The van der Waals surface area contributed by atoms with E-state index in [0.29, 0.717) is 5.69 Å². The van der Waals surface area contributed by atoms with E-state index in [1.54, 1.807) is 6.07 Å². The summed E-state index contributed by atoms with van der Waals surface area (Å²) >= 11 is 0. The molecular weight excluding hydrogens is 394 g/mol. The van der Waals surface area contributed by atoms with Gasteiger partial charge in [0.05, 0.1) is 20.9 Å². The highest BCUT2D eigenvalue weighted by atomic mass is 32.2. The third-order valence-corrected chi connectivity index (χ3v) is 5.99. The van der Waals surface area contributed by atoms with E-state index >= 15 is 0 Å². The Hall–Kier alpha value is -2.98. The van der Waals surface area contributed by atoms with E-state index in [1.807, 2.05) is 23.7 Å². The second kappa shape index (κ2) is 7.12. The molecule has 0 fully saturated rings. The smallest absolute Gasteiger partial charge is 0.294 e. The third kappa shape index (κ3) is 3.94. The number of anilines is 2. The van der Waals surface area contributed by atoms with Crippen LogP contribution in [0.1, 0.15) is 26.6 Å². The quantitative estimate of drug-likeness (QED) is 0.485. The fourth-order valence-electron chi connectivity index (χ4n) is 3.16. The number of aryl methyl sites for hydroxylation is 1. The number of sulfonamides is 1. The van der Waals surface area contributed by atoms with Crippen molar-refractivity contribution in [2.24, 2.45) is 7.05 Å². The Labute approximate surface area is 169 Å². The summed E-state index contributed by atoms with van der Waals surface area (Å²) < 4.78 is 28.1. The van der Waals surface area contributed by atoms with Gasteiger partial charge >= 0.3 is 0 Å². The van der Waals surface area contributed by atoms with Crippen LogP contribution in [0, 0.1) is 10.1 Å². The van der Waals surface area contributed by atoms with E-state index in [4.69, 9.17) is 4.98 Å². The molecule has 0 aliphatic heterocycles. The summed E-state index contributed by atoms with van der Waals surface area (Å²) in [4.78, 5) is 15.4. The minimum absolute atomic E-state index is 0.130. The average Bonchev–Trinajstić information content (AvgIpc) is 2.98. The molecule has 0 radical (unpaired) electrons. The number of imidazole rings is 1. The zero-order valence-electron chi connectivity index (χ0n) is 16.8. The van der Waals surface area contributed by atoms with Crippen LogP contribution in [-0.4, -0.2) is 29.9 Å². The Morgan fingerprint density at radius 2 is 1.83 bits per heavy atom. The summed E-state index contributed by atoms with van der Waals surface area (Å²) in [7, 11) is -0.579. The first-order valence-corrected chi connectivity index (χ1v) is 10.4. The second-order valence-electron chi connectivity index (χ2n) is 7.72. The molecule has 0 bridgehead atoms.